The largest absolute Gasteiger partial charge is 0.315 e. The van der Waals surface area contributed by atoms with Crippen molar-refractivity contribution in [1.82, 2.24) is 14.9 Å². The summed E-state index contributed by atoms with van der Waals surface area (Å²) < 4.78 is 2.42. The highest BCUT2D eigenvalue weighted by Crippen LogP contribution is 2.18. The number of benzene rings is 1. The van der Waals surface area contributed by atoms with E-state index in [0.29, 0.717) is 11.9 Å². The fourth-order valence-corrected chi connectivity index (χ4v) is 2.20. The number of halogens is 1. The summed E-state index contributed by atoms with van der Waals surface area (Å²) in [4.78, 5) is 16.6. The van der Waals surface area contributed by atoms with Crippen LogP contribution in [0.15, 0.2) is 33.8 Å². The van der Waals surface area contributed by atoms with Crippen LogP contribution in [0.25, 0.3) is 10.9 Å². The molecule has 1 aromatic heterocycles. The smallest absolute Gasteiger partial charge is 0.262 e. The van der Waals surface area contributed by atoms with Gasteiger partial charge in [-0.05, 0) is 42.0 Å². The molecule has 2 rings (SSSR count). The molecule has 90 valence electrons. The van der Waals surface area contributed by atoms with Gasteiger partial charge in [0, 0.05) is 17.1 Å². The summed E-state index contributed by atoms with van der Waals surface area (Å²) in [7, 11) is 1.88. The Kier molecular flexibility index (Phi) is 3.59. The molecule has 1 heterocycles. The molecule has 1 unspecified atom stereocenters. The second-order valence-electron chi connectivity index (χ2n) is 4.03. The van der Waals surface area contributed by atoms with Gasteiger partial charge in [0.15, 0.2) is 0 Å². The molecule has 2 aromatic rings. The summed E-state index contributed by atoms with van der Waals surface area (Å²) in [5.74, 6) is 0. The quantitative estimate of drug-likeness (QED) is 0.939. The summed E-state index contributed by atoms with van der Waals surface area (Å²) >= 11 is 3.40. The van der Waals surface area contributed by atoms with E-state index in [1.165, 1.54) is 0 Å². The SMILES string of the molecule is CNC(C)Cn1cnc2cccc(Br)c2c1=O. The second kappa shape index (κ2) is 4.98. The molecule has 0 amide bonds. The maximum absolute atomic E-state index is 12.3. The minimum atomic E-state index is -0.00965. The van der Waals surface area contributed by atoms with Gasteiger partial charge < -0.3 is 5.32 Å². The van der Waals surface area contributed by atoms with E-state index in [9.17, 15) is 4.79 Å². The zero-order valence-corrected chi connectivity index (χ0v) is 11.4. The first kappa shape index (κ1) is 12.3. The number of fused-ring (bicyclic) bond motifs is 1. The molecule has 5 heteroatoms. The summed E-state index contributed by atoms with van der Waals surface area (Å²) in [6, 6.07) is 5.80. The van der Waals surface area contributed by atoms with Gasteiger partial charge in [0.2, 0.25) is 0 Å². The van der Waals surface area contributed by atoms with Crippen LogP contribution in [-0.2, 0) is 6.54 Å². The summed E-state index contributed by atoms with van der Waals surface area (Å²) in [5.41, 5.74) is 0.710. The lowest BCUT2D eigenvalue weighted by Gasteiger charge is -2.12. The minimum Gasteiger partial charge on any atom is -0.315 e. The first-order chi connectivity index (χ1) is 8.13. The van der Waals surface area contributed by atoms with Gasteiger partial charge in [-0.25, -0.2) is 4.98 Å². The van der Waals surface area contributed by atoms with E-state index in [-0.39, 0.29) is 11.6 Å². The zero-order chi connectivity index (χ0) is 12.4. The van der Waals surface area contributed by atoms with Gasteiger partial charge >= 0.3 is 0 Å². The van der Waals surface area contributed by atoms with Gasteiger partial charge in [0.05, 0.1) is 17.2 Å². The van der Waals surface area contributed by atoms with E-state index in [4.69, 9.17) is 0 Å². The van der Waals surface area contributed by atoms with E-state index in [1.54, 1.807) is 10.9 Å². The van der Waals surface area contributed by atoms with Crippen molar-refractivity contribution in [3.63, 3.8) is 0 Å². The van der Waals surface area contributed by atoms with Crippen LogP contribution in [0.1, 0.15) is 6.92 Å². The maximum atomic E-state index is 12.3. The van der Waals surface area contributed by atoms with Crippen molar-refractivity contribution in [2.75, 3.05) is 7.05 Å². The lowest BCUT2D eigenvalue weighted by molar-refractivity contribution is 0.503. The van der Waals surface area contributed by atoms with Crippen molar-refractivity contribution >= 4 is 26.8 Å². The van der Waals surface area contributed by atoms with Gasteiger partial charge in [-0.3, -0.25) is 9.36 Å². The Balaban J connectivity index is 2.57. The normalized spacial score (nSPS) is 12.9. The predicted octanol–water partition coefficient (Wildman–Crippen LogP) is 1.77. The Morgan fingerprint density at radius 3 is 3.00 bits per heavy atom. The van der Waals surface area contributed by atoms with E-state index >= 15 is 0 Å². The van der Waals surface area contributed by atoms with Gasteiger partial charge in [-0.1, -0.05) is 6.07 Å². The molecule has 0 fully saturated rings. The van der Waals surface area contributed by atoms with Crippen molar-refractivity contribution in [2.24, 2.45) is 0 Å². The average Bonchev–Trinajstić information content (AvgIpc) is 2.32. The monoisotopic (exact) mass is 295 g/mol. The average molecular weight is 296 g/mol. The van der Waals surface area contributed by atoms with E-state index in [0.717, 1.165) is 9.99 Å². The third kappa shape index (κ3) is 2.40. The highest BCUT2D eigenvalue weighted by molar-refractivity contribution is 9.10. The molecule has 0 spiro atoms. The molecule has 0 saturated heterocycles. The van der Waals surface area contributed by atoms with Crippen LogP contribution in [0.5, 0.6) is 0 Å². The van der Waals surface area contributed by atoms with Gasteiger partial charge in [-0.15, -0.1) is 0 Å². The molecule has 4 nitrogen and oxygen atoms in total. The number of rotatable bonds is 3. The Morgan fingerprint density at radius 2 is 2.29 bits per heavy atom. The highest BCUT2D eigenvalue weighted by Gasteiger charge is 2.08. The second-order valence-corrected chi connectivity index (χ2v) is 4.88. The summed E-state index contributed by atoms with van der Waals surface area (Å²) in [6.07, 6.45) is 1.60. The van der Waals surface area contributed by atoms with Crippen LogP contribution in [0.2, 0.25) is 0 Å². The van der Waals surface area contributed by atoms with Gasteiger partial charge in [0.1, 0.15) is 0 Å². The van der Waals surface area contributed by atoms with Crippen LogP contribution in [0.3, 0.4) is 0 Å². The number of aromatic nitrogens is 2. The molecule has 1 atom stereocenters. The number of hydrogen-bond acceptors (Lipinski definition) is 3. The van der Waals surface area contributed by atoms with Crippen molar-refractivity contribution in [3.05, 3.63) is 39.4 Å². The summed E-state index contributed by atoms with van der Waals surface area (Å²) in [6.45, 7) is 2.64. The molecule has 1 aromatic carbocycles. The third-order valence-corrected chi connectivity index (χ3v) is 3.43. The highest BCUT2D eigenvalue weighted by atomic mass is 79.9. The third-order valence-electron chi connectivity index (χ3n) is 2.77. The molecular formula is C12H14BrN3O. The number of nitrogens with one attached hydrogen (secondary N) is 1. The fraction of sp³-hybridized carbons (Fsp3) is 0.333. The molecule has 1 N–H and O–H groups in total. The lowest BCUT2D eigenvalue weighted by atomic mass is 10.2. The Morgan fingerprint density at radius 1 is 1.53 bits per heavy atom. The molecule has 0 aliphatic carbocycles. The first-order valence-electron chi connectivity index (χ1n) is 5.44. The lowest BCUT2D eigenvalue weighted by Crippen LogP contribution is -2.32. The van der Waals surface area contributed by atoms with E-state index < -0.39 is 0 Å². The molecule has 0 bridgehead atoms. The summed E-state index contributed by atoms with van der Waals surface area (Å²) in [5, 5.41) is 3.74. The maximum Gasteiger partial charge on any atom is 0.262 e. The van der Waals surface area contributed by atoms with Crippen LogP contribution >= 0.6 is 15.9 Å². The van der Waals surface area contributed by atoms with Crippen LogP contribution in [0, 0.1) is 0 Å². The van der Waals surface area contributed by atoms with E-state index in [1.807, 2.05) is 32.2 Å². The number of nitrogens with zero attached hydrogens (tertiary/aromatic N) is 2. The van der Waals surface area contributed by atoms with Gasteiger partial charge in [0.25, 0.3) is 5.56 Å². The fourth-order valence-electron chi connectivity index (χ4n) is 1.68. The zero-order valence-electron chi connectivity index (χ0n) is 9.77. The Bertz CT molecular complexity index is 594. The molecule has 17 heavy (non-hydrogen) atoms. The van der Waals surface area contributed by atoms with Crippen LogP contribution in [-0.4, -0.2) is 22.6 Å². The van der Waals surface area contributed by atoms with Gasteiger partial charge in [-0.2, -0.15) is 0 Å². The predicted molar refractivity (Wildman–Crippen MR) is 72.2 cm³/mol. The van der Waals surface area contributed by atoms with Crippen molar-refractivity contribution in [3.8, 4) is 0 Å². The first-order valence-corrected chi connectivity index (χ1v) is 6.23. The standard InChI is InChI=1S/C12H14BrN3O/c1-8(14-2)6-16-7-15-10-5-3-4-9(13)11(10)12(16)17/h3-5,7-8,14H,6H2,1-2H3. The number of hydrogen-bond donors (Lipinski definition) is 1. The van der Waals surface area contributed by atoms with Crippen LogP contribution in [0.4, 0.5) is 0 Å². The van der Waals surface area contributed by atoms with Crippen molar-refractivity contribution in [1.29, 1.82) is 0 Å². The molecule has 0 aliphatic heterocycles. The molecule has 0 radical (unpaired) electrons. The topological polar surface area (TPSA) is 46.9 Å². The molecule has 0 saturated carbocycles. The Hall–Kier alpha value is -1.20. The van der Waals surface area contributed by atoms with Crippen molar-refractivity contribution < 1.29 is 0 Å². The molecular weight excluding hydrogens is 282 g/mol. The minimum absolute atomic E-state index is 0.00965. The van der Waals surface area contributed by atoms with E-state index in [2.05, 4.69) is 26.2 Å². The molecule has 0 aliphatic rings. The number of likely N-dealkylation sites (N-methyl/N-ethyl adjacent to an activating group) is 1. The van der Waals surface area contributed by atoms with Crippen molar-refractivity contribution in [2.45, 2.75) is 19.5 Å². The Labute approximate surface area is 108 Å². The van der Waals surface area contributed by atoms with Crippen LogP contribution < -0.4 is 10.9 Å².